The van der Waals surface area contributed by atoms with Crippen LogP contribution < -0.4 is 10.6 Å². The maximum atomic E-state index is 5.86. The van der Waals surface area contributed by atoms with Gasteiger partial charge in [0.2, 0.25) is 0 Å². The molecule has 1 aromatic heterocycles. The third kappa shape index (κ3) is 2.83. The van der Waals surface area contributed by atoms with Crippen molar-refractivity contribution in [2.75, 3.05) is 18.0 Å². The first kappa shape index (κ1) is 13.9. The quantitative estimate of drug-likeness (QED) is 0.894. The SMILES string of the molecule is CC(N)c1ccc(N2CCC3(CCCCC3)CC2)cn1. The molecule has 2 heterocycles. The Labute approximate surface area is 122 Å². The zero-order valence-electron chi connectivity index (χ0n) is 12.6. The highest BCUT2D eigenvalue weighted by Crippen LogP contribution is 2.45. The standard InChI is InChI=1S/C17H27N3/c1-14(18)16-6-5-15(13-19-16)20-11-9-17(10-12-20)7-3-2-4-8-17/h5-6,13-14H,2-4,7-12,18H2,1H3. The molecule has 1 saturated heterocycles. The van der Waals surface area contributed by atoms with Gasteiger partial charge in [0, 0.05) is 19.1 Å². The van der Waals surface area contributed by atoms with E-state index in [9.17, 15) is 0 Å². The van der Waals surface area contributed by atoms with Crippen LogP contribution in [0.3, 0.4) is 0 Å². The Balaban J connectivity index is 1.62. The number of aromatic nitrogens is 1. The van der Waals surface area contributed by atoms with Crippen molar-refractivity contribution in [2.45, 2.75) is 57.9 Å². The molecule has 1 aliphatic heterocycles. The van der Waals surface area contributed by atoms with Gasteiger partial charge < -0.3 is 10.6 Å². The molecule has 1 unspecified atom stereocenters. The minimum Gasteiger partial charge on any atom is -0.370 e. The maximum absolute atomic E-state index is 5.86. The number of nitrogens with two attached hydrogens (primary N) is 1. The van der Waals surface area contributed by atoms with Crippen molar-refractivity contribution in [3.05, 3.63) is 24.0 Å². The van der Waals surface area contributed by atoms with E-state index in [0.29, 0.717) is 5.41 Å². The van der Waals surface area contributed by atoms with Crippen LogP contribution in [0.2, 0.25) is 0 Å². The van der Waals surface area contributed by atoms with Crippen molar-refractivity contribution in [2.24, 2.45) is 11.1 Å². The zero-order chi connectivity index (χ0) is 14.0. The van der Waals surface area contributed by atoms with E-state index >= 15 is 0 Å². The summed E-state index contributed by atoms with van der Waals surface area (Å²) in [6.07, 6.45) is 12.0. The van der Waals surface area contributed by atoms with E-state index in [1.54, 1.807) is 0 Å². The van der Waals surface area contributed by atoms with Crippen LogP contribution in [0.25, 0.3) is 0 Å². The molecule has 0 bridgehead atoms. The average Bonchev–Trinajstić information content (AvgIpc) is 2.49. The molecule has 110 valence electrons. The fourth-order valence-electron chi connectivity index (χ4n) is 3.89. The second-order valence-electron chi connectivity index (χ2n) is 6.78. The lowest BCUT2D eigenvalue weighted by Gasteiger charge is -2.45. The van der Waals surface area contributed by atoms with Crippen LogP contribution in [0.1, 0.15) is 63.6 Å². The second-order valence-corrected chi connectivity index (χ2v) is 6.78. The van der Waals surface area contributed by atoms with E-state index in [4.69, 9.17) is 5.73 Å². The van der Waals surface area contributed by atoms with Crippen LogP contribution in [0, 0.1) is 5.41 Å². The number of rotatable bonds is 2. The van der Waals surface area contributed by atoms with Crippen LogP contribution >= 0.6 is 0 Å². The molecule has 3 nitrogen and oxygen atoms in total. The Morgan fingerprint density at radius 2 is 1.80 bits per heavy atom. The minimum absolute atomic E-state index is 0.0240. The van der Waals surface area contributed by atoms with Crippen LogP contribution in [0.15, 0.2) is 18.3 Å². The van der Waals surface area contributed by atoms with Gasteiger partial charge in [-0.05, 0) is 50.2 Å². The summed E-state index contributed by atoms with van der Waals surface area (Å²) in [5.74, 6) is 0. The molecule has 3 heteroatoms. The molecule has 20 heavy (non-hydrogen) atoms. The minimum atomic E-state index is 0.0240. The van der Waals surface area contributed by atoms with Crippen molar-refractivity contribution in [3.63, 3.8) is 0 Å². The third-order valence-corrected chi connectivity index (χ3v) is 5.34. The third-order valence-electron chi connectivity index (χ3n) is 5.34. The molecule has 1 aliphatic carbocycles. The summed E-state index contributed by atoms with van der Waals surface area (Å²) >= 11 is 0. The lowest BCUT2D eigenvalue weighted by molar-refractivity contribution is 0.144. The monoisotopic (exact) mass is 273 g/mol. The van der Waals surface area contributed by atoms with Gasteiger partial charge in [-0.2, -0.15) is 0 Å². The first-order valence-corrected chi connectivity index (χ1v) is 8.15. The van der Waals surface area contributed by atoms with Gasteiger partial charge in [0.15, 0.2) is 0 Å². The smallest absolute Gasteiger partial charge is 0.0569 e. The lowest BCUT2D eigenvalue weighted by Crippen LogP contribution is -2.41. The summed E-state index contributed by atoms with van der Waals surface area (Å²) in [5.41, 5.74) is 8.78. The molecular formula is C17H27N3. The highest BCUT2D eigenvalue weighted by atomic mass is 15.1. The van der Waals surface area contributed by atoms with Crippen molar-refractivity contribution in [3.8, 4) is 0 Å². The average molecular weight is 273 g/mol. The van der Waals surface area contributed by atoms with Gasteiger partial charge in [-0.15, -0.1) is 0 Å². The molecule has 2 fully saturated rings. The number of pyridine rings is 1. The Kier molecular flexibility index (Phi) is 3.97. The Bertz CT molecular complexity index is 422. The van der Waals surface area contributed by atoms with E-state index in [-0.39, 0.29) is 6.04 Å². The molecule has 3 rings (SSSR count). The van der Waals surface area contributed by atoms with E-state index in [1.807, 2.05) is 13.1 Å². The van der Waals surface area contributed by atoms with Gasteiger partial charge in [-0.25, -0.2) is 0 Å². The normalized spacial score (nSPS) is 23.8. The fourth-order valence-corrected chi connectivity index (χ4v) is 3.89. The molecule has 2 N–H and O–H groups in total. The molecule has 2 aliphatic rings. The van der Waals surface area contributed by atoms with Crippen molar-refractivity contribution < 1.29 is 0 Å². The maximum Gasteiger partial charge on any atom is 0.0569 e. The molecule has 0 aromatic carbocycles. The van der Waals surface area contributed by atoms with Gasteiger partial charge >= 0.3 is 0 Å². The molecule has 1 spiro atoms. The molecule has 1 atom stereocenters. The van der Waals surface area contributed by atoms with Gasteiger partial charge in [0.1, 0.15) is 0 Å². The predicted octanol–water partition coefficient (Wildman–Crippen LogP) is 3.65. The fraction of sp³-hybridized carbons (Fsp3) is 0.706. The van der Waals surface area contributed by atoms with Gasteiger partial charge in [0.05, 0.1) is 17.6 Å². The van der Waals surface area contributed by atoms with E-state index in [1.165, 1.54) is 63.7 Å². The van der Waals surface area contributed by atoms with E-state index in [2.05, 4.69) is 22.0 Å². The second kappa shape index (κ2) is 5.72. The van der Waals surface area contributed by atoms with E-state index < -0.39 is 0 Å². The zero-order valence-corrected chi connectivity index (χ0v) is 12.6. The summed E-state index contributed by atoms with van der Waals surface area (Å²) in [4.78, 5) is 6.99. The molecular weight excluding hydrogens is 246 g/mol. The molecule has 1 saturated carbocycles. The Morgan fingerprint density at radius 1 is 1.10 bits per heavy atom. The van der Waals surface area contributed by atoms with Crippen molar-refractivity contribution in [1.82, 2.24) is 4.98 Å². The van der Waals surface area contributed by atoms with Crippen LogP contribution in [-0.4, -0.2) is 18.1 Å². The topological polar surface area (TPSA) is 42.1 Å². The highest BCUT2D eigenvalue weighted by molar-refractivity contribution is 5.45. The number of hydrogen-bond acceptors (Lipinski definition) is 3. The molecule has 1 aromatic rings. The van der Waals surface area contributed by atoms with Crippen LogP contribution in [0.5, 0.6) is 0 Å². The molecule has 0 amide bonds. The Hall–Kier alpha value is -1.09. The number of anilines is 1. The number of hydrogen-bond donors (Lipinski definition) is 1. The summed E-state index contributed by atoms with van der Waals surface area (Å²) in [5, 5.41) is 0. The highest BCUT2D eigenvalue weighted by Gasteiger charge is 2.35. The summed E-state index contributed by atoms with van der Waals surface area (Å²) < 4.78 is 0. The summed E-state index contributed by atoms with van der Waals surface area (Å²) in [6, 6.07) is 4.28. The van der Waals surface area contributed by atoms with Crippen molar-refractivity contribution >= 4 is 5.69 Å². The van der Waals surface area contributed by atoms with Crippen molar-refractivity contribution in [1.29, 1.82) is 0 Å². The largest absolute Gasteiger partial charge is 0.370 e. The number of piperidine rings is 1. The summed E-state index contributed by atoms with van der Waals surface area (Å²) in [6.45, 7) is 4.37. The van der Waals surface area contributed by atoms with Crippen LogP contribution in [0.4, 0.5) is 5.69 Å². The number of nitrogens with zero attached hydrogens (tertiary/aromatic N) is 2. The van der Waals surface area contributed by atoms with Crippen LogP contribution in [-0.2, 0) is 0 Å². The lowest BCUT2D eigenvalue weighted by atomic mass is 9.68. The Morgan fingerprint density at radius 3 is 2.35 bits per heavy atom. The summed E-state index contributed by atoms with van der Waals surface area (Å²) in [7, 11) is 0. The van der Waals surface area contributed by atoms with E-state index in [0.717, 1.165) is 5.69 Å². The molecule has 0 radical (unpaired) electrons. The first-order valence-electron chi connectivity index (χ1n) is 8.15. The van der Waals surface area contributed by atoms with Gasteiger partial charge in [-0.3, -0.25) is 4.98 Å². The van der Waals surface area contributed by atoms with Gasteiger partial charge in [0.25, 0.3) is 0 Å². The first-order chi connectivity index (χ1) is 9.69. The van der Waals surface area contributed by atoms with Gasteiger partial charge in [-0.1, -0.05) is 19.3 Å². The predicted molar refractivity (Wildman–Crippen MR) is 83.8 cm³/mol.